The first kappa shape index (κ1) is 22.5. The van der Waals surface area contributed by atoms with E-state index < -0.39 is 11.8 Å². The smallest absolute Gasteiger partial charge is 0.310 e. The van der Waals surface area contributed by atoms with E-state index in [-0.39, 0.29) is 27.6 Å². The van der Waals surface area contributed by atoms with Crippen molar-refractivity contribution in [2.45, 2.75) is 17.6 Å². The van der Waals surface area contributed by atoms with Gasteiger partial charge in [0.15, 0.2) is 0 Å². The summed E-state index contributed by atoms with van der Waals surface area (Å²) in [4.78, 5) is 5.21. The maximum absolute atomic E-state index is 14.8. The predicted molar refractivity (Wildman–Crippen MR) is 122 cm³/mol. The van der Waals surface area contributed by atoms with Crippen LogP contribution in [0.1, 0.15) is 11.1 Å². The van der Waals surface area contributed by atoms with Crippen LogP contribution in [0.2, 0.25) is 10.0 Å². The zero-order valence-electron chi connectivity index (χ0n) is 16.3. The molecule has 9 heteroatoms. The topological polar surface area (TPSA) is 39.4 Å². The summed E-state index contributed by atoms with van der Waals surface area (Å²) in [7, 11) is 0. The second-order valence-electron chi connectivity index (χ2n) is 6.92. The second kappa shape index (κ2) is 8.70. The Hall–Kier alpha value is -2.66. The molecule has 0 fully saturated rings. The van der Waals surface area contributed by atoms with Crippen molar-refractivity contribution in [1.29, 1.82) is 5.26 Å². The fourth-order valence-corrected chi connectivity index (χ4v) is 5.12. The minimum atomic E-state index is -4.78. The first-order valence-corrected chi connectivity index (χ1v) is 11.1. The van der Waals surface area contributed by atoms with E-state index in [1.54, 1.807) is 30.3 Å². The summed E-state index contributed by atoms with van der Waals surface area (Å²) in [6.45, 7) is 0. The molecule has 2 aliphatic rings. The van der Waals surface area contributed by atoms with Gasteiger partial charge in [0.05, 0.1) is 5.70 Å². The molecule has 0 aromatic heterocycles. The number of fused-ring (bicyclic) bond motifs is 1. The number of allylic oxidation sites excluding steroid dienone is 3. The van der Waals surface area contributed by atoms with Crippen molar-refractivity contribution in [3.8, 4) is 6.07 Å². The molecule has 0 amide bonds. The number of rotatable bonds is 3. The number of nitrogens with zero attached hydrogens (tertiary/aromatic N) is 3. The Kier molecular flexibility index (Phi) is 6.13. The molecule has 0 unspecified atom stereocenters. The van der Waals surface area contributed by atoms with Crippen LogP contribution in [0.15, 0.2) is 89.2 Å². The number of halogens is 5. The number of hydrogen-bond donors (Lipinski definition) is 0. The highest BCUT2D eigenvalue weighted by Gasteiger charge is 2.62. The van der Waals surface area contributed by atoms with Gasteiger partial charge in [-0.15, -0.1) is 11.8 Å². The summed E-state index contributed by atoms with van der Waals surface area (Å²) < 4.78 is 44.3. The highest BCUT2D eigenvalue weighted by Crippen LogP contribution is 2.51. The van der Waals surface area contributed by atoms with Gasteiger partial charge in [-0.1, -0.05) is 65.7 Å². The van der Waals surface area contributed by atoms with Gasteiger partial charge in [0.1, 0.15) is 16.7 Å². The molecule has 0 saturated heterocycles. The first-order chi connectivity index (χ1) is 15.3. The number of alkyl halides is 3. The van der Waals surface area contributed by atoms with Crippen molar-refractivity contribution in [3.05, 3.63) is 105 Å². The minimum absolute atomic E-state index is 0.00843. The molecule has 3 nitrogen and oxygen atoms in total. The van der Waals surface area contributed by atoms with E-state index in [1.807, 2.05) is 6.07 Å². The molecular weight excluding hydrogens is 478 g/mol. The van der Waals surface area contributed by atoms with Crippen LogP contribution in [0.5, 0.6) is 0 Å². The average Bonchev–Trinajstić information content (AvgIpc) is 2.77. The lowest BCUT2D eigenvalue weighted by atomic mass is 9.93. The Morgan fingerprint density at radius 2 is 1.84 bits per heavy atom. The van der Waals surface area contributed by atoms with Crippen molar-refractivity contribution in [3.63, 3.8) is 0 Å². The van der Waals surface area contributed by atoms with Gasteiger partial charge in [0.2, 0.25) is 0 Å². The summed E-state index contributed by atoms with van der Waals surface area (Å²) >= 11 is 13.2. The third-order valence-electron chi connectivity index (χ3n) is 5.00. The maximum atomic E-state index is 14.8. The standard InChI is InChI=1S/C23H14Cl2F3N3S/c24-17-10-9-15(19(25)12-17)14-32-21-18(13-29)20-8-4-5-11-31(20)22(30-21,23(26,27)28)16-6-2-1-3-7-16/h1-12H,14H2/t22-/m1/s1. The summed E-state index contributed by atoms with van der Waals surface area (Å²) in [5.74, 6) is 0.218. The van der Waals surface area contributed by atoms with Crippen LogP contribution in [0.4, 0.5) is 13.2 Å². The normalized spacial score (nSPS) is 20.1. The third-order valence-corrected chi connectivity index (χ3v) is 6.62. The molecule has 2 aromatic rings. The molecule has 2 aromatic carbocycles. The lowest BCUT2D eigenvalue weighted by Crippen LogP contribution is -2.55. The van der Waals surface area contributed by atoms with Crippen molar-refractivity contribution >= 4 is 40.0 Å². The fourth-order valence-electron chi connectivity index (χ4n) is 3.53. The molecule has 2 aliphatic heterocycles. The van der Waals surface area contributed by atoms with Gasteiger partial charge >= 0.3 is 6.18 Å². The lowest BCUT2D eigenvalue weighted by molar-refractivity contribution is -0.222. The van der Waals surface area contributed by atoms with E-state index in [4.69, 9.17) is 23.2 Å². The largest absolute Gasteiger partial charge is 0.437 e. The van der Waals surface area contributed by atoms with Crippen LogP contribution in [0, 0.1) is 11.3 Å². The molecule has 4 rings (SSSR count). The quantitative estimate of drug-likeness (QED) is 0.454. The van der Waals surface area contributed by atoms with E-state index in [1.165, 1.54) is 42.6 Å². The molecule has 32 heavy (non-hydrogen) atoms. The second-order valence-corrected chi connectivity index (χ2v) is 8.73. The molecule has 2 heterocycles. The van der Waals surface area contributed by atoms with Crippen molar-refractivity contribution in [2.75, 3.05) is 0 Å². The van der Waals surface area contributed by atoms with Crippen LogP contribution in [-0.2, 0) is 11.4 Å². The summed E-state index contributed by atoms with van der Waals surface area (Å²) in [6, 6.07) is 14.4. The van der Waals surface area contributed by atoms with Crippen molar-refractivity contribution in [2.24, 2.45) is 4.99 Å². The van der Waals surface area contributed by atoms with Crippen molar-refractivity contribution in [1.82, 2.24) is 4.90 Å². The van der Waals surface area contributed by atoms with E-state index in [2.05, 4.69) is 4.99 Å². The van der Waals surface area contributed by atoms with E-state index in [9.17, 15) is 18.4 Å². The number of thioether (sulfide) groups is 1. The lowest BCUT2D eigenvalue weighted by Gasteiger charge is -2.45. The van der Waals surface area contributed by atoms with Gasteiger partial charge in [0.25, 0.3) is 5.66 Å². The average molecular weight is 492 g/mol. The van der Waals surface area contributed by atoms with E-state index >= 15 is 0 Å². The molecule has 162 valence electrons. The van der Waals surface area contributed by atoms with Crippen LogP contribution < -0.4 is 0 Å². The Morgan fingerprint density at radius 3 is 2.50 bits per heavy atom. The summed E-state index contributed by atoms with van der Waals surface area (Å²) in [5, 5.41) is 10.7. The highest BCUT2D eigenvalue weighted by molar-refractivity contribution is 8.13. The van der Waals surface area contributed by atoms with Crippen LogP contribution in [0.3, 0.4) is 0 Å². The van der Waals surface area contributed by atoms with Gasteiger partial charge in [-0.25, -0.2) is 4.99 Å². The van der Waals surface area contributed by atoms with E-state index in [0.717, 1.165) is 16.7 Å². The molecule has 0 N–H and O–H groups in total. The monoisotopic (exact) mass is 491 g/mol. The Balaban J connectivity index is 1.87. The number of benzene rings is 2. The van der Waals surface area contributed by atoms with Crippen LogP contribution in [0.25, 0.3) is 0 Å². The summed E-state index contributed by atoms with van der Waals surface area (Å²) in [5.41, 5.74) is -1.89. The van der Waals surface area contributed by atoms with Crippen molar-refractivity contribution < 1.29 is 13.2 Å². The highest BCUT2D eigenvalue weighted by atomic mass is 35.5. The van der Waals surface area contributed by atoms with Gasteiger partial charge < -0.3 is 4.90 Å². The Bertz CT molecular complexity index is 1210. The molecule has 0 radical (unpaired) electrons. The van der Waals surface area contributed by atoms with Gasteiger partial charge in [0, 0.05) is 27.6 Å². The predicted octanol–water partition coefficient (Wildman–Crippen LogP) is 7.22. The van der Waals surface area contributed by atoms with E-state index in [0.29, 0.717) is 15.6 Å². The van der Waals surface area contributed by atoms with Gasteiger partial charge in [-0.3, -0.25) is 0 Å². The number of nitriles is 1. The SMILES string of the molecule is N#CC1=C2C=CC=CN2[C@](c2ccccc2)(C(F)(F)F)N=C1SCc1ccc(Cl)cc1Cl. The number of aliphatic imine (C=N–C) groups is 1. The maximum Gasteiger partial charge on any atom is 0.437 e. The first-order valence-electron chi connectivity index (χ1n) is 9.35. The molecule has 0 spiro atoms. The molecule has 0 aliphatic carbocycles. The molecule has 0 saturated carbocycles. The molecular formula is C23H14Cl2F3N3S. The van der Waals surface area contributed by atoms with Gasteiger partial charge in [-0.2, -0.15) is 18.4 Å². The minimum Gasteiger partial charge on any atom is -0.310 e. The third kappa shape index (κ3) is 3.83. The van der Waals surface area contributed by atoms with Crippen LogP contribution in [-0.4, -0.2) is 16.1 Å². The Labute approximate surface area is 197 Å². The van der Waals surface area contributed by atoms with Crippen LogP contribution >= 0.6 is 35.0 Å². The van der Waals surface area contributed by atoms with Gasteiger partial charge in [-0.05, 0) is 29.8 Å². The fraction of sp³-hybridized carbons (Fsp3) is 0.130. The Morgan fingerprint density at radius 1 is 1.09 bits per heavy atom. The zero-order valence-corrected chi connectivity index (χ0v) is 18.6. The zero-order chi connectivity index (χ0) is 22.9. The molecule has 0 bridgehead atoms. The summed E-state index contributed by atoms with van der Waals surface area (Å²) in [6.07, 6.45) is 1.10. The number of hydrogen-bond acceptors (Lipinski definition) is 4. The molecule has 1 atom stereocenters.